The van der Waals surface area contributed by atoms with Gasteiger partial charge in [-0.1, -0.05) is 55.1 Å². The Labute approximate surface area is 238 Å². The van der Waals surface area contributed by atoms with Crippen molar-refractivity contribution < 1.29 is 31.8 Å². The molecule has 0 radical (unpaired) electrons. The third-order valence-corrected chi connectivity index (χ3v) is 11.4. The number of aliphatic hydroxyl groups is 2. The van der Waals surface area contributed by atoms with Crippen LogP contribution in [0.15, 0.2) is 47.4 Å². The molecule has 0 saturated carbocycles. The number of fused-ring (bicyclic) bond motifs is 2. The number of piperazine rings is 1. The molecule has 4 aliphatic rings. The second-order valence-corrected chi connectivity index (χ2v) is 14.0. The van der Waals surface area contributed by atoms with Gasteiger partial charge in [0.1, 0.15) is 0 Å². The second-order valence-electron chi connectivity index (χ2n) is 11.6. The molecule has 2 bridgehead atoms. The zero-order valence-corrected chi connectivity index (χ0v) is 24.0. The topological polar surface area (TPSA) is 93.1 Å². The van der Waals surface area contributed by atoms with Gasteiger partial charge in [-0.05, 0) is 49.8 Å². The van der Waals surface area contributed by atoms with Crippen molar-refractivity contribution in [2.45, 2.75) is 81.0 Å². The zero-order valence-electron chi connectivity index (χ0n) is 22.4. The quantitative estimate of drug-likeness (QED) is 0.432. The van der Waals surface area contributed by atoms with Crippen molar-refractivity contribution in [3.05, 3.63) is 58.5 Å². The molecule has 0 spiro atoms. The van der Waals surface area contributed by atoms with Crippen LogP contribution in [0.1, 0.15) is 56.6 Å². The molecule has 5 rings (SSSR count). The van der Waals surface area contributed by atoms with Gasteiger partial charge in [-0.3, -0.25) is 4.90 Å². The SMILES string of the molecule is CC(O)(c1ccc([C@]2(CN3C4CCCC3CC(O)C4)CN(S(=O)(=O)C3=CC=CCC3=S)CCN2)cc1)C(F)(F)F. The molecular weight excluding hydrogens is 563 g/mol. The number of hydrogen-bond donors (Lipinski definition) is 3. The summed E-state index contributed by atoms with van der Waals surface area (Å²) in [7, 11) is -3.92. The van der Waals surface area contributed by atoms with E-state index in [1.54, 1.807) is 18.2 Å². The van der Waals surface area contributed by atoms with E-state index in [1.807, 2.05) is 6.08 Å². The molecule has 12 heteroatoms. The van der Waals surface area contributed by atoms with Crippen molar-refractivity contribution in [3.63, 3.8) is 0 Å². The number of sulfonamides is 1. The number of benzene rings is 1. The Morgan fingerprint density at radius 1 is 1.15 bits per heavy atom. The van der Waals surface area contributed by atoms with E-state index in [9.17, 15) is 31.8 Å². The number of alkyl halides is 3. The summed E-state index contributed by atoms with van der Waals surface area (Å²) in [6.07, 6.45) is 4.33. The third-order valence-electron chi connectivity index (χ3n) is 8.96. The van der Waals surface area contributed by atoms with Crippen LogP contribution in [0.5, 0.6) is 0 Å². The van der Waals surface area contributed by atoms with Crippen LogP contribution in [-0.2, 0) is 21.2 Å². The first kappa shape index (κ1) is 29.8. The number of piperidine rings is 2. The van der Waals surface area contributed by atoms with Crippen molar-refractivity contribution in [1.82, 2.24) is 14.5 Å². The van der Waals surface area contributed by atoms with E-state index in [1.165, 1.54) is 22.5 Å². The summed E-state index contributed by atoms with van der Waals surface area (Å²) >= 11 is 5.38. The van der Waals surface area contributed by atoms with E-state index in [2.05, 4.69) is 10.2 Å². The van der Waals surface area contributed by atoms with E-state index < -0.39 is 27.3 Å². The van der Waals surface area contributed by atoms with Crippen LogP contribution in [0.3, 0.4) is 0 Å². The van der Waals surface area contributed by atoms with E-state index in [4.69, 9.17) is 12.2 Å². The molecule has 1 aliphatic carbocycles. The molecule has 40 heavy (non-hydrogen) atoms. The highest BCUT2D eigenvalue weighted by Crippen LogP contribution is 2.41. The molecule has 3 fully saturated rings. The van der Waals surface area contributed by atoms with E-state index >= 15 is 0 Å². The maximum absolute atomic E-state index is 13.8. The van der Waals surface area contributed by atoms with Crippen LogP contribution in [0.25, 0.3) is 0 Å². The van der Waals surface area contributed by atoms with Gasteiger partial charge in [0.05, 0.1) is 16.5 Å². The number of rotatable bonds is 6. The van der Waals surface area contributed by atoms with Gasteiger partial charge in [-0.25, -0.2) is 8.42 Å². The minimum absolute atomic E-state index is 0.0620. The van der Waals surface area contributed by atoms with Crippen LogP contribution in [-0.4, -0.2) is 83.2 Å². The predicted molar refractivity (Wildman–Crippen MR) is 150 cm³/mol. The Hall–Kier alpha value is -1.67. The fourth-order valence-corrected chi connectivity index (χ4v) is 8.74. The van der Waals surface area contributed by atoms with Crippen LogP contribution in [0.4, 0.5) is 13.2 Å². The Balaban J connectivity index is 1.53. The average Bonchev–Trinajstić information content (AvgIpc) is 2.89. The first-order valence-electron chi connectivity index (χ1n) is 13.7. The molecule has 3 heterocycles. The van der Waals surface area contributed by atoms with Crippen molar-refractivity contribution in [1.29, 1.82) is 0 Å². The fraction of sp³-hybridized carbons (Fsp3) is 0.607. The Kier molecular flexibility index (Phi) is 8.10. The Bertz CT molecular complexity index is 1280. The number of thiocarbonyl (C=S) groups is 1. The summed E-state index contributed by atoms with van der Waals surface area (Å²) in [6.45, 7) is 1.77. The molecule has 4 atom stereocenters. The lowest BCUT2D eigenvalue weighted by atomic mass is 9.79. The average molecular weight is 600 g/mol. The Morgan fingerprint density at radius 2 is 1.80 bits per heavy atom. The standard InChI is InChI=1S/C28H36F3N3O4S2/c1-26(36,28(29,30)31)19-9-11-20(12-10-19)27(18-34-21-5-4-6-22(34)16-23(35)15-21)17-33(14-13-32-27)40(37,38)25-8-3-2-7-24(25)39/h2-3,8-12,21-23,32,35-36H,4-7,13-18H2,1H3/t21?,22?,23?,26?,27-/m1/s1. The third kappa shape index (κ3) is 5.44. The lowest BCUT2D eigenvalue weighted by Crippen LogP contribution is -2.67. The van der Waals surface area contributed by atoms with Gasteiger partial charge in [-0.2, -0.15) is 17.5 Å². The molecule has 1 aromatic carbocycles. The summed E-state index contributed by atoms with van der Waals surface area (Å²) in [4.78, 5) is 2.81. The van der Waals surface area contributed by atoms with E-state index in [0.717, 1.165) is 26.2 Å². The highest BCUT2D eigenvalue weighted by molar-refractivity contribution is 7.96. The number of nitrogens with zero attached hydrogens (tertiary/aromatic N) is 2. The number of hydrogen-bond acceptors (Lipinski definition) is 7. The molecule has 3 N–H and O–H groups in total. The van der Waals surface area contributed by atoms with Crippen molar-refractivity contribution in [2.24, 2.45) is 0 Å². The van der Waals surface area contributed by atoms with Crippen molar-refractivity contribution in [2.75, 3.05) is 26.2 Å². The summed E-state index contributed by atoms with van der Waals surface area (Å²) in [6, 6.07) is 5.92. The number of halogens is 3. The summed E-state index contributed by atoms with van der Waals surface area (Å²) < 4.78 is 69.6. The molecule has 220 valence electrons. The van der Waals surface area contributed by atoms with Gasteiger partial charge in [0.2, 0.25) is 10.0 Å². The largest absolute Gasteiger partial charge is 0.421 e. The normalized spacial score (nSPS) is 32.0. The zero-order chi connectivity index (χ0) is 28.9. The summed E-state index contributed by atoms with van der Waals surface area (Å²) in [5, 5.41) is 24.2. The molecule has 3 aliphatic heterocycles. The van der Waals surface area contributed by atoms with Gasteiger partial charge in [-0.15, -0.1) is 0 Å². The molecule has 0 aromatic heterocycles. The Morgan fingerprint density at radius 3 is 2.40 bits per heavy atom. The summed E-state index contributed by atoms with van der Waals surface area (Å²) in [5.41, 5.74) is -3.61. The van der Waals surface area contributed by atoms with E-state index in [-0.39, 0.29) is 41.7 Å². The molecule has 7 nitrogen and oxygen atoms in total. The highest BCUT2D eigenvalue weighted by Gasteiger charge is 2.52. The van der Waals surface area contributed by atoms with Crippen molar-refractivity contribution in [3.8, 4) is 0 Å². The van der Waals surface area contributed by atoms with Gasteiger partial charge in [0.25, 0.3) is 0 Å². The van der Waals surface area contributed by atoms with Crippen LogP contribution in [0.2, 0.25) is 0 Å². The van der Waals surface area contributed by atoms with Gasteiger partial charge < -0.3 is 15.5 Å². The van der Waals surface area contributed by atoms with Gasteiger partial charge in [0.15, 0.2) is 5.60 Å². The van der Waals surface area contributed by atoms with Crippen LogP contribution >= 0.6 is 12.2 Å². The fourth-order valence-electron chi connectivity index (χ4n) is 6.64. The number of nitrogens with one attached hydrogen (secondary N) is 1. The minimum Gasteiger partial charge on any atom is -0.393 e. The molecule has 3 saturated heterocycles. The van der Waals surface area contributed by atoms with Crippen LogP contribution in [0, 0.1) is 0 Å². The predicted octanol–water partition coefficient (Wildman–Crippen LogP) is 3.48. The lowest BCUT2D eigenvalue weighted by Gasteiger charge is -2.53. The smallest absolute Gasteiger partial charge is 0.393 e. The first-order chi connectivity index (χ1) is 18.7. The molecule has 1 aromatic rings. The second kappa shape index (κ2) is 10.9. The first-order valence-corrected chi connectivity index (χ1v) is 15.6. The number of aliphatic hydroxyl groups excluding tert-OH is 1. The molecular formula is C28H36F3N3O4S2. The molecule has 3 unspecified atom stereocenters. The summed E-state index contributed by atoms with van der Waals surface area (Å²) in [5.74, 6) is 0. The maximum Gasteiger partial charge on any atom is 0.421 e. The van der Waals surface area contributed by atoms with Crippen molar-refractivity contribution >= 4 is 27.1 Å². The van der Waals surface area contributed by atoms with Crippen LogP contribution < -0.4 is 5.32 Å². The minimum atomic E-state index is -4.85. The van der Waals surface area contributed by atoms with Gasteiger partial charge in [0, 0.05) is 49.5 Å². The van der Waals surface area contributed by atoms with E-state index in [0.29, 0.717) is 42.8 Å². The van der Waals surface area contributed by atoms with Gasteiger partial charge >= 0.3 is 6.18 Å². The maximum atomic E-state index is 13.8. The monoisotopic (exact) mass is 599 g/mol. The molecule has 0 amide bonds. The lowest BCUT2D eigenvalue weighted by molar-refractivity contribution is -0.258. The number of allylic oxidation sites excluding steroid dienone is 4. The highest BCUT2D eigenvalue weighted by atomic mass is 32.2.